The molecule has 0 saturated carbocycles. The highest BCUT2D eigenvalue weighted by Gasteiger charge is 2.10. The number of thiazole rings is 1. The molecule has 0 saturated heterocycles. The van der Waals surface area contributed by atoms with Gasteiger partial charge in [0.05, 0.1) is 11.9 Å². The van der Waals surface area contributed by atoms with Crippen molar-refractivity contribution < 1.29 is 8.42 Å². The van der Waals surface area contributed by atoms with Crippen LogP contribution in [0.15, 0.2) is 47.8 Å². The lowest BCUT2D eigenvalue weighted by Gasteiger charge is -2.13. The van der Waals surface area contributed by atoms with Crippen LogP contribution in [0, 0.1) is 0 Å². The zero-order chi connectivity index (χ0) is 19.4. The topological polar surface area (TPSA) is 71.1 Å². The van der Waals surface area contributed by atoms with E-state index in [1.165, 1.54) is 11.1 Å². The first-order chi connectivity index (χ1) is 12.9. The van der Waals surface area contributed by atoms with Gasteiger partial charge in [-0.1, -0.05) is 44.2 Å². The van der Waals surface area contributed by atoms with Gasteiger partial charge in [0.15, 0.2) is 5.13 Å². The van der Waals surface area contributed by atoms with Crippen molar-refractivity contribution in [1.29, 1.82) is 0 Å². The summed E-state index contributed by atoms with van der Waals surface area (Å²) in [7, 11) is -3.27. The van der Waals surface area contributed by atoms with Crippen molar-refractivity contribution in [2.24, 2.45) is 0 Å². The van der Waals surface area contributed by atoms with Crippen LogP contribution in [0.2, 0.25) is 0 Å². The monoisotopic (exact) mass is 401 g/mol. The first-order valence-electron chi connectivity index (χ1n) is 8.81. The molecular formula is C20H23N3O2S2. The van der Waals surface area contributed by atoms with Gasteiger partial charge in [0.25, 0.3) is 0 Å². The number of para-hydroxylation sites is 1. The molecule has 0 radical (unpaired) electrons. The molecule has 3 aromatic rings. The molecule has 0 unspecified atom stereocenters. The molecule has 7 heteroatoms. The Bertz CT molecular complexity index is 1000. The number of sulfonamides is 1. The van der Waals surface area contributed by atoms with Crippen molar-refractivity contribution in [3.63, 3.8) is 0 Å². The summed E-state index contributed by atoms with van der Waals surface area (Å²) in [6.45, 7) is 4.30. The summed E-state index contributed by atoms with van der Waals surface area (Å²) >= 11 is 1.56. The third kappa shape index (κ3) is 4.87. The number of aromatic nitrogens is 1. The van der Waals surface area contributed by atoms with E-state index in [1.54, 1.807) is 23.5 Å². The number of hydrogen-bond donors (Lipinski definition) is 2. The minimum atomic E-state index is -3.27. The zero-order valence-electron chi connectivity index (χ0n) is 15.6. The molecule has 0 amide bonds. The Morgan fingerprint density at radius 3 is 2.19 bits per heavy atom. The number of nitrogens with one attached hydrogen (secondary N) is 2. The standard InChI is InChI=1S/C20H23N3O2S2/c1-4-14-7-6-8-15(5-2)19(14)22-20-21-18(13-26-20)16-9-11-17(12-10-16)23-27(3,24)25/h6-13,23H,4-5H2,1-3H3,(H,21,22). The van der Waals surface area contributed by atoms with Gasteiger partial charge in [-0.25, -0.2) is 13.4 Å². The summed E-state index contributed by atoms with van der Waals surface area (Å²) in [5.74, 6) is 0. The summed E-state index contributed by atoms with van der Waals surface area (Å²) in [5.41, 5.74) is 6.05. The highest BCUT2D eigenvalue weighted by molar-refractivity contribution is 7.92. The zero-order valence-corrected chi connectivity index (χ0v) is 17.2. The van der Waals surface area contributed by atoms with Crippen molar-refractivity contribution in [3.05, 3.63) is 59.0 Å². The first kappa shape index (κ1) is 19.4. The van der Waals surface area contributed by atoms with E-state index in [0.29, 0.717) is 5.69 Å². The van der Waals surface area contributed by atoms with E-state index in [4.69, 9.17) is 4.98 Å². The van der Waals surface area contributed by atoms with Crippen LogP contribution >= 0.6 is 11.3 Å². The van der Waals surface area contributed by atoms with E-state index in [-0.39, 0.29) is 0 Å². The van der Waals surface area contributed by atoms with Crippen LogP contribution < -0.4 is 10.0 Å². The quantitative estimate of drug-likeness (QED) is 0.581. The predicted molar refractivity (Wildman–Crippen MR) is 114 cm³/mol. The van der Waals surface area contributed by atoms with Crippen LogP contribution in [0.5, 0.6) is 0 Å². The Hall–Kier alpha value is -2.38. The van der Waals surface area contributed by atoms with Gasteiger partial charge >= 0.3 is 0 Å². The Morgan fingerprint density at radius 1 is 1.00 bits per heavy atom. The second kappa shape index (κ2) is 8.10. The number of benzene rings is 2. The summed E-state index contributed by atoms with van der Waals surface area (Å²) in [5, 5.41) is 6.34. The molecule has 2 aromatic carbocycles. The molecule has 0 spiro atoms. The minimum Gasteiger partial charge on any atom is -0.331 e. The van der Waals surface area contributed by atoms with Crippen molar-refractivity contribution >= 4 is 37.9 Å². The van der Waals surface area contributed by atoms with Crippen LogP contribution in [0.3, 0.4) is 0 Å². The van der Waals surface area contributed by atoms with E-state index in [2.05, 4.69) is 42.1 Å². The molecule has 3 rings (SSSR count). The van der Waals surface area contributed by atoms with E-state index >= 15 is 0 Å². The number of hydrogen-bond acceptors (Lipinski definition) is 5. The van der Waals surface area contributed by atoms with E-state index in [1.807, 2.05) is 17.5 Å². The molecule has 0 bridgehead atoms. The second-order valence-corrected chi connectivity index (χ2v) is 8.88. The highest BCUT2D eigenvalue weighted by atomic mass is 32.2. The number of aryl methyl sites for hydroxylation is 2. The normalized spacial score (nSPS) is 11.4. The van der Waals surface area contributed by atoms with E-state index in [9.17, 15) is 8.42 Å². The molecule has 5 nitrogen and oxygen atoms in total. The number of anilines is 3. The van der Waals surface area contributed by atoms with Crippen LogP contribution in [0.1, 0.15) is 25.0 Å². The van der Waals surface area contributed by atoms with Crippen LogP contribution in [-0.4, -0.2) is 19.7 Å². The van der Waals surface area contributed by atoms with Gasteiger partial charge in [-0.05, 0) is 36.1 Å². The van der Waals surface area contributed by atoms with Crippen LogP contribution in [-0.2, 0) is 22.9 Å². The summed E-state index contributed by atoms with van der Waals surface area (Å²) in [6, 6.07) is 13.6. The lowest BCUT2D eigenvalue weighted by molar-refractivity contribution is 0.607. The van der Waals surface area contributed by atoms with Gasteiger partial charge in [0.2, 0.25) is 10.0 Å². The molecule has 27 heavy (non-hydrogen) atoms. The maximum absolute atomic E-state index is 11.3. The van der Waals surface area contributed by atoms with E-state index in [0.717, 1.165) is 41.2 Å². The molecular weight excluding hydrogens is 378 g/mol. The van der Waals surface area contributed by atoms with E-state index < -0.39 is 10.0 Å². The fourth-order valence-electron chi connectivity index (χ4n) is 2.90. The van der Waals surface area contributed by atoms with Crippen molar-refractivity contribution in [3.8, 4) is 11.3 Å². The molecule has 1 heterocycles. The lowest BCUT2D eigenvalue weighted by Crippen LogP contribution is -2.09. The largest absolute Gasteiger partial charge is 0.331 e. The van der Waals surface area contributed by atoms with Crippen molar-refractivity contribution in [1.82, 2.24) is 4.98 Å². The van der Waals surface area contributed by atoms with Crippen molar-refractivity contribution in [2.45, 2.75) is 26.7 Å². The summed E-state index contributed by atoms with van der Waals surface area (Å²) in [4.78, 5) is 4.70. The molecule has 142 valence electrons. The molecule has 1 aromatic heterocycles. The van der Waals surface area contributed by atoms with Gasteiger partial charge in [-0.15, -0.1) is 11.3 Å². The average Bonchev–Trinajstić information content (AvgIpc) is 3.10. The smallest absolute Gasteiger partial charge is 0.229 e. The fourth-order valence-corrected chi connectivity index (χ4v) is 4.19. The number of nitrogens with zero attached hydrogens (tertiary/aromatic N) is 1. The predicted octanol–water partition coefficient (Wildman–Crippen LogP) is 5.05. The Labute approximate surface area is 164 Å². The Kier molecular flexibility index (Phi) is 5.82. The SMILES string of the molecule is CCc1cccc(CC)c1Nc1nc(-c2ccc(NS(C)(=O)=O)cc2)cs1. The molecule has 0 atom stereocenters. The first-order valence-corrected chi connectivity index (χ1v) is 11.6. The second-order valence-electron chi connectivity index (χ2n) is 6.27. The molecule has 0 aliphatic heterocycles. The van der Waals surface area contributed by atoms with Crippen LogP contribution in [0.4, 0.5) is 16.5 Å². The van der Waals surface area contributed by atoms with Gasteiger partial charge < -0.3 is 5.32 Å². The maximum Gasteiger partial charge on any atom is 0.229 e. The summed E-state index contributed by atoms with van der Waals surface area (Å²) < 4.78 is 25.1. The lowest BCUT2D eigenvalue weighted by atomic mass is 10.0. The number of rotatable bonds is 7. The van der Waals surface area contributed by atoms with Gasteiger partial charge in [0, 0.05) is 22.3 Å². The highest BCUT2D eigenvalue weighted by Crippen LogP contribution is 2.31. The van der Waals surface area contributed by atoms with Crippen LogP contribution in [0.25, 0.3) is 11.3 Å². The molecule has 2 N–H and O–H groups in total. The Morgan fingerprint density at radius 2 is 1.63 bits per heavy atom. The van der Waals surface area contributed by atoms with Gasteiger partial charge in [-0.3, -0.25) is 4.72 Å². The average molecular weight is 402 g/mol. The third-order valence-electron chi connectivity index (χ3n) is 4.22. The maximum atomic E-state index is 11.3. The van der Waals surface area contributed by atoms with Gasteiger partial charge in [-0.2, -0.15) is 0 Å². The molecule has 0 aliphatic carbocycles. The minimum absolute atomic E-state index is 0.541. The van der Waals surface area contributed by atoms with Gasteiger partial charge in [0.1, 0.15) is 0 Å². The molecule has 0 aliphatic rings. The fraction of sp³-hybridized carbons (Fsp3) is 0.250. The Balaban J connectivity index is 1.82. The molecule has 0 fully saturated rings. The third-order valence-corrected chi connectivity index (χ3v) is 5.58. The summed E-state index contributed by atoms with van der Waals surface area (Å²) in [6.07, 6.45) is 3.06. The van der Waals surface area contributed by atoms with Crippen molar-refractivity contribution in [2.75, 3.05) is 16.3 Å².